The molecule has 3 aromatic carbocycles. The fraction of sp³-hybridized carbons (Fsp3) is 0.308. The molecule has 1 atom stereocenters. The summed E-state index contributed by atoms with van der Waals surface area (Å²) in [6.07, 6.45) is 0.678. The predicted molar refractivity (Wildman–Crippen MR) is 120 cm³/mol. The Bertz CT molecular complexity index is 923. The van der Waals surface area contributed by atoms with Gasteiger partial charge in [0.1, 0.15) is 30.0 Å². The van der Waals surface area contributed by atoms with E-state index in [0.717, 1.165) is 35.9 Å². The summed E-state index contributed by atoms with van der Waals surface area (Å²) in [5.41, 5.74) is 0.0494. The normalized spacial score (nSPS) is 17.1. The van der Waals surface area contributed by atoms with Gasteiger partial charge >= 0.3 is 0 Å². The molecule has 1 aliphatic heterocycles. The molecular weight excluding hydrogens is 390 g/mol. The first-order chi connectivity index (χ1) is 15.1. The zero-order chi connectivity index (χ0) is 21.5. The number of aliphatic hydroxyl groups excluding tert-OH is 1. The number of benzene rings is 3. The van der Waals surface area contributed by atoms with E-state index in [1.54, 1.807) is 0 Å². The zero-order valence-corrected chi connectivity index (χ0v) is 17.6. The molecule has 0 saturated carbocycles. The van der Waals surface area contributed by atoms with Crippen LogP contribution in [0.4, 0.5) is 0 Å². The number of hydrogen-bond donors (Lipinski definition) is 2. The first-order valence-corrected chi connectivity index (χ1v) is 10.7. The lowest BCUT2D eigenvalue weighted by Crippen LogP contribution is -2.46. The fourth-order valence-electron chi connectivity index (χ4n) is 3.91. The van der Waals surface area contributed by atoms with Gasteiger partial charge in [-0.1, -0.05) is 48.5 Å². The summed E-state index contributed by atoms with van der Waals surface area (Å²) in [5.74, 6) is 2.30. The number of hydrogen-bond acceptors (Lipinski definition) is 5. The van der Waals surface area contributed by atoms with Gasteiger partial charge in [-0.25, -0.2) is 0 Å². The van der Waals surface area contributed by atoms with Gasteiger partial charge in [0.2, 0.25) is 0 Å². The molecule has 0 spiro atoms. The van der Waals surface area contributed by atoms with Crippen molar-refractivity contribution in [1.82, 2.24) is 4.90 Å². The minimum absolute atomic E-state index is 0.258. The van der Waals surface area contributed by atoms with E-state index < -0.39 is 11.7 Å². The maximum Gasteiger partial charge on any atom is 0.127 e. The Hall–Kier alpha value is -2.86. The van der Waals surface area contributed by atoms with Crippen LogP contribution in [0.3, 0.4) is 0 Å². The molecule has 1 heterocycles. The molecule has 1 fully saturated rings. The minimum atomic E-state index is -0.854. The summed E-state index contributed by atoms with van der Waals surface area (Å²) in [7, 11) is 0. The van der Waals surface area contributed by atoms with Crippen molar-refractivity contribution in [3.8, 4) is 17.2 Å². The van der Waals surface area contributed by atoms with Crippen LogP contribution < -0.4 is 9.47 Å². The molecule has 0 bridgehead atoms. The van der Waals surface area contributed by atoms with Crippen LogP contribution in [0.15, 0.2) is 84.9 Å². The van der Waals surface area contributed by atoms with Crippen molar-refractivity contribution >= 4 is 0 Å². The summed E-state index contributed by atoms with van der Waals surface area (Å²) < 4.78 is 11.5. The van der Waals surface area contributed by atoms with Gasteiger partial charge in [0.15, 0.2) is 0 Å². The quantitative estimate of drug-likeness (QED) is 0.573. The maximum atomic E-state index is 11.2. The minimum Gasteiger partial charge on any atom is -0.491 e. The summed E-state index contributed by atoms with van der Waals surface area (Å²) in [6.45, 7) is 2.24. The Morgan fingerprint density at radius 2 is 1.32 bits per heavy atom. The van der Waals surface area contributed by atoms with Gasteiger partial charge in [-0.15, -0.1) is 0 Å². The third-order valence-corrected chi connectivity index (χ3v) is 5.71. The molecular formula is C26H29NO4. The Morgan fingerprint density at radius 3 is 1.94 bits per heavy atom. The second kappa shape index (κ2) is 9.96. The third-order valence-electron chi connectivity index (χ3n) is 5.71. The fourth-order valence-corrected chi connectivity index (χ4v) is 3.91. The van der Waals surface area contributed by atoms with Crippen molar-refractivity contribution in [1.29, 1.82) is 0 Å². The smallest absolute Gasteiger partial charge is 0.127 e. The highest BCUT2D eigenvalue weighted by Gasteiger charge is 2.34. The molecule has 0 aliphatic carbocycles. The molecule has 0 unspecified atom stereocenters. The van der Waals surface area contributed by atoms with Crippen molar-refractivity contribution in [2.24, 2.45) is 0 Å². The average molecular weight is 420 g/mol. The molecule has 5 heteroatoms. The van der Waals surface area contributed by atoms with E-state index in [1.807, 2.05) is 84.9 Å². The predicted octanol–water partition coefficient (Wildman–Crippen LogP) is 4.20. The van der Waals surface area contributed by atoms with Crippen LogP contribution in [-0.4, -0.2) is 47.5 Å². The molecule has 1 aliphatic rings. The second-order valence-corrected chi connectivity index (χ2v) is 8.05. The molecule has 0 radical (unpaired) electrons. The van der Waals surface area contributed by atoms with Gasteiger partial charge in [-0.2, -0.15) is 0 Å². The van der Waals surface area contributed by atoms with Crippen LogP contribution >= 0.6 is 0 Å². The van der Waals surface area contributed by atoms with Crippen LogP contribution in [0.2, 0.25) is 0 Å². The van der Waals surface area contributed by atoms with E-state index in [2.05, 4.69) is 4.90 Å². The van der Waals surface area contributed by atoms with E-state index in [0.29, 0.717) is 19.4 Å². The molecule has 3 aromatic rings. The highest BCUT2D eigenvalue weighted by molar-refractivity contribution is 5.35. The van der Waals surface area contributed by atoms with Crippen molar-refractivity contribution in [3.05, 3.63) is 90.5 Å². The molecule has 5 nitrogen and oxygen atoms in total. The Morgan fingerprint density at radius 1 is 0.774 bits per heavy atom. The Kier molecular flexibility index (Phi) is 6.87. The van der Waals surface area contributed by atoms with Crippen LogP contribution in [0.1, 0.15) is 18.4 Å². The first kappa shape index (κ1) is 21.4. The number of para-hydroxylation sites is 2. The first-order valence-electron chi connectivity index (χ1n) is 10.7. The lowest BCUT2D eigenvalue weighted by molar-refractivity contribution is -0.0372. The maximum absolute atomic E-state index is 11.2. The van der Waals surface area contributed by atoms with Crippen LogP contribution in [-0.2, 0) is 5.60 Å². The number of ether oxygens (including phenoxy) is 2. The lowest BCUT2D eigenvalue weighted by Gasteiger charge is -2.39. The topological polar surface area (TPSA) is 62.2 Å². The molecule has 2 N–H and O–H groups in total. The summed E-state index contributed by atoms with van der Waals surface area (Å²) in [4.78, 5) is 2.18. The monoisotopic (exact) mass is 419 g/mol. The van der Waals surface area contributed by atoms with Gasteiger partial charge in [0, 0.05) is 19.6 Å². The van der Waals surface area contributed by atoms with Crippen molar-refractivity contribution in [3.63, 3.8) is 0 Å². The molecule has 162 valence electrons. The van der Waals surface area contributed by atoms with E-state index >= 15 is 0 Å². The van der Waals surface area contributed by atoms with Gasteiger partial charge in [0.05, 0.1) is 5.60 Å². The summed E-state index contributed by atoms with van der Waals surface area (Å²) in [6, 6.07) is 26.8. The summed E-state index contributed by atoms with van der Waals surface area (Å²) >= 11 is 0. The number of rotatable bonds is 8. The molecule has 31 heavy (non-hydrogen) atoms. The van der Waals surface area contributed by atoms with Gasteiger partial charge in [-0.3, -0.25) is 0 Å². The largest absolute Gasteiger partial charge is 0.491 e. The van der Waals surface area contributed by atoms with Crippen molar-refractivity contribution in [2.75, 3.05) is 26.2 Å². The number of aliphatic hydroxyl groups is 2. The number of likely N-dealkylation sites (tertiary alicyclic amines) is 1. The standard InChI is InChI=1S/C26H29NO4/c28-22(20-30-23-7-3-1-4-8-23)19-27-17-15-26(29,16-18-27)21-11-13-25(14-12-21)31-24-9-5-2-6-10-24/h1-14,22,28-29H,15-20H2/t22-/m1/s1. The molecule has 0 amide bonds. The van der Waals surface area contributed by atoms with Gasteiger partial charge in [0.25, 0.3) is 0 Å². The number of β-amino-alcohol motifs (C(OH)–C–C–N with tert-alkyl or cyclic N) is 1. The van der Waals surface area contributed by atoms with Gasteiger partial charge in [-0.05, 0) is 54.8 Å². The van der Waals surface area contributed by atoms with Crippen molar-refractivity contribution in [2.45, 2.75) is 24.5 Å². The van der Waals surface area contributed by atoms with E-state index in [4.69, 9.17) is 9.47 Å². The van der Waals surface area contributed by atoms with Crippen LogP contribution in [0.5, 0.6) is 17.2 Å². The molecule has 1 saturated heterocycles. The summed E-state index contributed by atoms with van der Waals surface area (Å²) in [5, 5.41) is 21.5. The Labute approximate surface area is 183 Å². The van der Waals surface area contributed by atoms with E-state index in [-0.39, 0.29) is 6.61 Å². The Balaban J connectivity index is 1.26. The average Bonchev–Trinajstić information content (AvgIpc) is 2.81. The molecule has 4 rings (SSSR count). The molecule has 0 aromatic heterocycles. The number of piperidine rings is 1. The third kappa shape index (κ3) is 5.85. The lowest BCUT2D eigenvalue weighted by atomic mass is 9.84. The van der Waals surface area contributed by atoms with Crippen LogP contribution in [0, 0.1) is 0 Å². The second-order valence-electron chi connectivity index (χ2n) is 8.05. The van der Waals surface area contributed by atoms with E-state index in [1.165, 1.54) is 0 Å². The van der Waals surface area contributed by atoms with Crippen LogP contribution in [0.25, 0.3) is 0 Å². The number of nitrogens with zero attached hydrogens (tertiary/aromatic N) is 1. The zero-order valence-electron chi connectivity index (χ0n) is 17.6. The van der Waals surface area contributed by atoms with Crippen molar-refractivity contribution < 1.29 is 19.7 Å². The highest BCUT2D eigenvalue weighted by atomic mass is 16.5. The van der Waals surface area contributed by atoms with E-state index in [9.17, 15) is 10.2 Å². The highest BCUT2D eigenvalue weighted by Crippen LogP contribution is 2.34. The SMILES string of the molecule is O[C@@H](COc1ccccc1)CN1CCC(O)(c2ccc(Oc3ccccc3)cc2)CC1. The van der Waals surface area contributed by atoms with Gasteiger partial charge < -0.3 is 24.6 Å².